The van der Waals surface area contributed by atoms with Crippen LogP contribution in [0.15, 0.2) is 30.6 Å². The number of hydrogen-bond acceptors (Lipinski definition) is 3. The molecule has 0 spiro atoms. The molecule has 7 heteroatoms. The first-order valence-corrected chi connectivity index (χ1v) is 5.34. The van der Waals surface area contributed by atoms with E-state index in [0.29, 0.717) is 21.3 Å². The standard InChI is InChI=1S/C11H6Cl2N2O2.Na.H/c12-7-2-1-6(3-8(7)13)9-4-10(11(16)17)15-5-14-9;;/h1-5H,(H,16,17);;. The van der Waals surface area contributed by atoms with Crippen LogP contribution in [0.2, 0.25) is 10.0 Å². The summed E-state index contributed by atoms with van der Waals surface area (Å²) < 4.78 is 0. The van der Waals surface area contributed by atoms with Gasteiger partial charge in [0.15, 0.2) is 5.69 Å². The van der Waals surface area contributed by atoms with Gasteiger partial charge in [-0.1, -0.05) is 29.3 Å². The van der Waals surface area contributed by atoms with Gasteiger partial charge in [0.2, 0.25) is 0 Å². The zero-order valence-corrected chi connectivity index (χ0v) is 9.90. The van der Waals surface area contributed by atoms with E-state index in [1.807, 2.05) is 0 Å². The number of nitrogens with zero attached hydrogens (tertiary/aromatic N) is 2. The molecule has 1 N–H and O–H groups in total. The van der Waals surface area contributed by atoms with Crippen LogP contribution in [0.5, 0.6) is 0 Å². The summed E-state index contributed by atoms with van der Waals surface area (Å²) in [5, 5.41) is 9.64. The van der Waals surface area contributed by atoms with Gasteiger partial charge in [-0.2, -0.15) is 0 Å². The van der Waals surface area contributed by atoms with Gasteiger partial charge in [-0.15, -0.1) is 0 Å². The van der Waals surface area contributed by atoms with Gasteiger partial charge in [0.05, 0.1) is 15.7 Å². The van der Waals surface area contributed by atoms with Crippen molar-refractivity contribution >= 4 is 58.7 Å². The molecule has 2 aromatic rings. The van der Waals surface area contributed by atoms with Crippen molar-refractivity contribution in [2.45, 2.75) is 0 Å². The molecule has 88 valence electrons. The van der Waals surface area contributed by atoms with Crippen LogP contribution in [-0.2, 0) is 0 Å². The van der Waals surface area contributed by atoms with Crippen molar-refractivity contribution in [2.24, 2.45) is 0 Å². The molecule has 0 unspecified atom stereocenters. The zero-order valence-electron chi connectivity index (χ0n) is 8.39. The number of carboxylic acids is 1. The maximum atomic E-state index is 10.8. The van der Waals surface area contributed by atoms with Crippen molar-refractivity contribution in [2.75, 3.05) is 0 Å². The van der Waals surface area contributed by atoms with Crippen molar-refractivity contribution in [3.05, 3.63) is 46.3 Å². The van der Waals surface area contributed by atoms with E-state index in [1.54, 1.807) is 18.2 Å². The first kappa shape index (κ1) is 15.4. The van der Waals surface area contributed by atoms with Gasteiger partial charge in [-0.3, -0.25) is 0 Å². The summed E-state index contributed by atoms with van der Waals surface area (Å²) in [6.07, 6.45) is 1.20. The molecule has 1 aromatic carbocycles. The number of carbonyl (C=O) groups is 1. The summed E-state index contributed by atoms with van der Waals surface area (Å²) in [6, 6.07) is 6.34. The summed E-state index contributed by atoms with van der Waals surface area (Å²) in [4.78, 5) is 18.4. The van der Waals surface area contributed by atoms with Crippen molar-refractivity contribution in [3.63, 3.8) is 0 Å². The SMILES string of the molecule is O=C(O)c1cc(-c2ccc(Cl)c(Cl)c2)ncn1.[NaH]. The van der Waals surface area contributed by atoms with Crippen molar-refractivity contribution in [3.8, 4) is 11.3 Å². The van der Waals surface area contributed by atoms with Gasteiger partial charge in [0, 0.05) is 5.56 Å². The Morgan fingerprint density at radius 3 is 2.44 bits per heavy atom. The molecule has 0 bridgehead atoms. The molecule has 0 aliphatic carbocycles. The van der Waals surface area contributed by atoms with Gasteiger partial charge in [0.1, 0.15) is 6.33 Å². The summed E-state index contributed by atoms with van der Waals surface area (Å²) in [7, 11) is 0. The number of carboxylic acid groups (broad SMARTS) is 1. The second-order valence-electron chi connectivity index (χ2n) is 3.22. The quantitative estimate of drug-likeness (QED) is 0.864. The molecule has 2 rings (SSSR count). The molecule has 1 heterocycles. The second-order valence-corrected chi connectivity index (χ2v) is 4.04. The molecular formula is C11H7Cl2N2NaO2. The Balaban J connectivity index is 0.00000162. The Kier molecular flexibility index (Phi) is 5.56. The van der Waals surface area contributed by atoms with Gasteiger partial charge in [-0.25, -0.2) is 14.8 Å². The molecule has 0 saturated heterocycles. The molecule has 1 aromatic heterocycles. The van der Waals surface area contributed by atoms with E-state index in [9.17, 15) is 4.79 Å². The van der Waals surface area contributed by atoms with E-state index in [0.717, 1.165) is 0 Å². The number of hydrogen-bond donors (Lipinski definition) is 1. The minimum absolute atomic E-state index is 0. The van der Waals surface area contributed by atoms with Crippen molar-refractivity contribution in [1.82, 2.24) is 9.97 Å². The van der Waals surface area contributed by atoms with E-state index < -0.39 is 5.97 Å². The molecule has 0 amide bonds. The van der Waals surface area contributed by atoms with Crippen LogP contribution in [-0.4, -0.2) is 50.6 Å². The summed E-state index contributed by atoms with van der Waals surface area (Å²) in [5.74, 6) is -1.10. The normalized spacial score (nSPS) is 9.67. The molecule has 0 radical (unpaired) electrons. The minimum atomic E-state index is -1.10. The molecule has 0 aliphatic rings. The van der Waals surface area contributed by atoms with E-state index in [-0.39, 0.29) is 35.3 Å². The number of benzene rings is 1. The van der Waals surface area contributed by atoms with Crippen LogP contribution in [0.25, 0.3) is 11.3 Å². The first-order valence-electron chi connectivity index (χ1n) is 4.58. The third-order valence-corrected chi connectivity index (χ3v) is 2.84. The van der Waals surface area contributed by atoms with Crippen LogP contribution in [0.1, 0.15) is 10.5 Å². The van der Waals surface area contributed by atoms with Crippen LogP contribution in [0.3, 0.4) is 0 Å². The molecule has 0 fully saturated rings. The van der Waals surface area contributed by atoms with Gasteiger partial charge in [0.25, 0.3) is 0 Å². The van der Waals surface area contributed by atoms with Crippen LogP contribution >= 0.6 is 23.2 Å². The van der Waals surface area contributed by atoms with E-state index >= 15 is 0 Å². The topological polar surface area (TPSA) is 63.1 Å². The van der Waals surface area contributed by atoms with E-state index in [1.165, 1.54) is 12.4 Å². The van der Waals surface area contributed by atoms with E-state index in [4.69, 9.17) is 28.3 Å². The average molecular weight is 293 g/mol. The van der Waals surface area contributed by atoms with Crippen LogP contribution < -0.4 is 0 Å². The zero-order chi connectivity index (χ0) is 12.4. The predicted octanol–water partition coefficient (Wildman–Crippen LogP) is 2.50. The molecule has 18 heavy (non-hydrogen) atoms. The fraction of sp³-hybridized carbons (Fsp3) is 0. The average Bonchev–Trinajstić information content (AvgIpc) is 2.33. The molecule has 0 saturated carbocycles. The van der Waals surface area contributed by atoms with E-state index in [2.05, 4.69) is 9.97 Å². The monoisotopic (exact) mass is 292 g/mol. The number of aromatic carboxylic acids is 1. The molecule has 0 atom stereocenters. The third kappa shape index (κ3) is 3.43. The van der Waals surface area contributed by atoms with Gasteiger partial charge < -0.3 is 5.11 Å². The Bertz CT molecular complexity index is 593. The number of halogens is 2. The Hall–Kier alpha value is -0.650. The Morgan fingerprint density at radius 1 is 1.11 bits per heavy atom. The van der Waals surface area contributed by atoms with Crippen LogP contribution in [0.4, 0.5) is 0 Å². The summed E-state index contributed by atoms with van der Waals surface area (Å²) in [6.45, 7) is 0. The Labute approximate surface area is 135 Å². The Morgan fingerprint density at radius 2 is 1.83 bits per heavy atom. The molecular weight excluding hydrogens is 286 g/mol. The van der Waals surface area contributed by atoms with Crippen LogP contribution in [0, 0.1) is 0 Å². The van der Waals surface area contributed by atoms with Gasteiger partial charge in [-0.05, 0) is 18.2 Å². The third-order valence-electron chi connectivity index (χ3n) is 2.10. The maximum absolute atomic E-state index is 10.8. The van der Waals surface area contributed by atoms with Crippen molar-refractivity contribution in [1.29, 1.82) is 0 Å². The second kappa shape index (κ2) is 6.50. The predicted molar refractivity (Wildman–Crippen MR) is 71.6 cm³/mol. The molecule has 0 aliphatic heterocycles. The fourth-order valence-corrected chi connectivity index (χ4v) is 1.59. The van der Waals surface area contributed by atoms with Gasteiger partial charge >= 0.3 is 35.5 Å². The van der Waals surface area contributed by atoms with Crippen molar-refractivity contribution < 1.29 is 9.90 Å². The fourth-order valence-electron chi connectivity index (χ4n) is 1.29. The summed E-state index contributed by atoms with van der Waals surface area (Å²) >= 11 is 11.7. The summed E-state index contributed by atoms with van der Waals surface area (Å²) in [5.41, 5.74) is 1.10. The number of rotatable bonds is 2. The first-order chi connectivity index (χ1) is 8.08. The molecule has 4 nitrogen and oxygen atoms in total. The number of aromatic nitrogens is 2.